The zero-order valence-corrected chi connectivity index (χ0v) is 21.6. The third-order valence-corrected chi connectivity index (χ3v) is 8.42. The average Bonchev–Trinajstić information content (AvgIpc) is 2.78. The third-order valence-electron chi connectivity index (χ3n) is 8.42. The summed E-state index contributed by atoms with van der Waals surface area (Å²) in [7, 11) is 0. The highest BCUT2D eigenvalue weighted by Crippen LogP contribution is 2.42. The maximum atomic E-state index is 13.0. The average molecular weight is 470 g/mol. The molecule has 3 rings (SSSR count). The minimum absolute atomic E-state index is 0.0663. The Morgan fingerprint density at radius 1 is 0.853 bits per heavy atom. The molecule has 1 aromatic carbocycles. The van der Waals surface area contributed by atoms with Gasteiger partial charge in [-0.15, -0.1) is 0 Å². The monoisotopic (exact) mass is 469 g/mol. The van der Waals surface area contributed by atoms with Gasteiger partial charge in [-0.05, 0) is 98.1 Å². The summed E-state index contributed by atoms with van der Waals surface area (Å²) in [5.74, 6) is 0.625. The molecule has 0 aromatic heterocycles. The quantitative estimate of drug-likeness (QED) is 0.503. The summed E-state index contributed by atoms with van der Waals surface area (Å²) in [6, 6.07) is 3.27. The van der Waals surface area contributed by atoms with Gasteiger partial charge in [0, 0.05) is 22.7 Å². The molecule has 1 aromatic rings. The van der Waals surface area contributed by atoms with Gasteiger partial charge in [-0.1, -0.05) is 34.6 Å². The van der Waals surface area contributed by atoms with Crippen LogP contribution in [0.5, 0.6) is 0 Å². The van der Waals surface area contributed by atoms with Crippen LogP contribution >= 0.6 is 0 Å². The number of anilines is 1. The molecule has 0 heterocycles. The molecule has 2 aliphatic rings. The molecule has 2 saturated carbocycles. The second-order valence-electron chi connectivity index (χ2n) is 12.0. The molecule has 0 radical (unpaired) electrons. The van der Waals surface area contributed by atoms with E-state index in [4.69, 9.17) is 11.5 Å². The van der Waals surface area contributed by atoms with Crippen LogP contribution in [0.4, 0.5) is 5.69 Å². The lowest BCUT2D eigenvalue weighted by molar-refractivity contribution is -0.121. The van der Waals surface area contributed by atoms with Crippen molar-refractivity contribution in [2.75, 3.05) is 5.32 Å². The lowest BCUT2D eigenvalue weighted by Gasteiger charge is -2.36. The summed E-state index contributed by atoms with van der Waals surface area (Å²) < 4.78 is 0. The van der Waals surface area contributed by atoms with E-state index in [0.29, 0.717) is 40.1 Å². The van der Waals surface area contributed by atoms with Crippen LogP contribution in [0, 0.1) is 29.1 Å². The van der Waals surface area contributed by atoms with E-state index in [1.165, 1.54) is 0 Å². The lowest BCUT2D eigenvalue weighted by Crippen LogP contribution is -2.32. The number of carbonyl (C=O) groups is 3. The number of hydrogen-bond donors (Lipinski definition) is 3. The van der Waals surface area contributed by atoms with Crippen molar-refractivity contribution >= 4 is 23.4 Å². The second kappa shape index (κ2) is 10.5. The first-order valence-corrected chi connectivity index (χ1v) is 13.0. The van der Waals surface area contributed by atoms with Crippen molar-refractivity contribution in [3.8, 4) is 0 Å². The Labute approximate surface area is 204 Å². The fraction of sp³-hybridized carbons (Fsp3) is 0.679. The topological polar surface area (TPSA) is 115 Å². The van der Waals surface area contributed by atoms with Gasteiger partial charge >= 0.3 is 0 Å². The van der Waals surface area contributed by atoms with E-state index in [1.54, 1.807) is 12.1 Å². The fourth-order valence-corrected chi connectivity index (χ4v) is 6.11. The van der Waals surface area contributed by atoms with E-state index in [9.17, 15) is 14.4 Å². The molecule has 2 aliphatic carbocycles. The molecule has 0 spiro atoms. The number of carbonyl (C=O) groups excluding carboxylic acids is 3. The Hall–Kier alpha value is -2.37. The molecule has 0 aliphatic heterocycles. The summed E-state index contributed by atoms with van der Waals surface area (Å²) in [4.78, 5) is 37.9. The normalized spacial score (nSPS) is 25.7. The summed E-state index contributed by atoms with van der Waals surface area (Å²) in [6.45, 7) is 11.2. The predicted molar refractivity (Wildman–Crippen MR) is 137 cm³/mol. The number of amides is 3. The first kappa shape index (κ1) is 26.2. The van der Waals surface area contributed by atoms with Crippen molar-refractivity contribution in [2.45, 2.75) is 91.9 Å². The number of rotatable bonds is 6. The van der Waals surface area contributed by atoms with Gasteiger partial charge in [0.05, 0.1) is 0 Å². The van der Waals surface area contributed by atoms with Crippen LogP contribution in [0.3, 0.4) is 0 Å². The highest BCUT2D eigenvalue weighted by atomic mass is 16.2. The fourth-order valence-electron chi connectivity index (χ4n) is 6.11. The Kier molecular flexibility index (Phi) is 8.10. The van der Waals surface area contributed by atoms with Crippen molar-refractivity contribution in [3.05, 3.63) is 28.8 Å². The zero-order valence-electron chi connectivity index (χ0n) is 21.6. The first-order chi connectivity index (χ1) is 15.9. The van der Waals surface area contributed by atoms with Crippen molar-refractivity contribution in [2.24, 2.45) is 40.6 Å². The van der Waals surface area contributed by atoms with Crippen LogP contribution < -0.4 is 16.8 Å². The van der Waals surface area contributed by atoms with E-state index in [-0.39, 0.29) is 23.2 Å². The zero-order chi connectivity index (χ0) is 25.2. The van der Waals surface area contributed by atoms with E-state index in [0.717, 1.165) is 51.4 Å². The molecule has 0 unspecified atom stereocenters. The maximum Gasteiger partial charge on any atom is 0.249 e. The molecular formula is C28H43N3O3. The predicted octanol–water partition coefficient (Wildman–Crippen LogP) is 5.61. The molecule has 0 bridgehead atoms. The summed E-state index contributed by atoms with van der Waals surface area (Å²) in [5, 5.41) is 2.95. The van der Waals surface area contributed by atoms with Gasteiger partial charge in [0.15, 0.2) is 0 Å². The summed E-state index contributed by atoms with van der Waals surface area (Å²) in [5.41, 5.74) is 13.5. The number of benzene rings is 1. The van der Waals surface area contributed by atoms with Crippen LogP contribution in [0.2, 0.25) is 0 Å². The molecule has 188 valence electrons. The molecule has 5 N–H and O–H groups in total. The van der Waals surface area contributed by atoms with Gasteiger partial charge in [-0.25, -0.2) is 0 Å². The van der Waals surface area contributed by atoms with E-state index in [2.05, 4.69) is 39.9 Å². The van der Waals surface area contributed by atoms with Crippen molar-refractivity contribution in [1.29, 1.82) is 0 Å². The van der Waals surface area contributed by atoms with Gasteiger partial charge in [0.2, 0.25) is 17.7 Å². The third kappa shape index (κ3) is 6.00. The minimum Gasteiger partial charge on any atom is -0.366 e. The van der Waals surface area contributed by atoms with E-state index < -0.39 is 11.8 Å². The Morgan fingerprint density at radius 2 is 1.35 bits per heavy atom. The van der Waals surface area contributed by atoms with Crippen LogP contribution in [-0.2, 0) is 4.79 Å². The van der Waals surface area contributed by atoms with Gasteiger partial charge in [0.25, 0.3) is 0 Å². The van der Waals surface area contributed by atoms with Gasteiger partial charge in [0.1, 0.15) is 0 Å². The maximum absolute atomic E-state index is 13.0. The van der Waals surface area contributed by atoms with Crippen molar-refractivity contribution < 1.29 is 14.4 Å². The summed E-state index contributed by atoms with van der Waals surface area (Å²) >= 11 is 0. The van der Waals surface area contributed by atoms with E-state index >= 15 is 0 Å². The lowest BCUT2D eigenvalue weighted by atomic mass is 9.69. The standard InChI is InChI=1S/C28H43N3O3/c1-16(2)17-6-8-18(9-7-17)24-22(25(29)32)14-21(15-23(24)26(30)33)31-27(34)19-10-12-20(13-11-19)28(3,4)5/h14-20H,6-13H2,1-5H3,(H2,29,32)(H2,30,33)(H,31,34)/t17-,18+,19-,20+. The Balaban J connectivity index is 1.81. The number of hydrogen-bond acceptors (Lipinski definition) is 3. The summed E-state index contributed by atoms with van der Waals surface area (Å²) in [6.07, 6.45) is 7.63. The van der Waals surface area contributed by atoms with Gasteiger partial charge in [-0.3, -0.25) is 14.4 Å². The smallest absolute Gasteiger partial charge is 0.249 e. The highest BCUT2D eigenvalue weighted by Gasteiger charge is 2.33. The van der Waals surface area contributed by atoms with E-state index in [1.807, 2.05) is 0 Å². The molecule has 3 amide bonds. The van der Waals surface area contributed by atoms with Crippen LogP contribution in [-0.4, -0.2) is 17.7 Å². The first-order valence-electron chi connectivity index (χ1n) is 13.0. The van der Waals surface area contributed by atoms with Crippen molar-refractivity contribution in [1.82, 2.24) is 0 Å². The largest absolute Gasteiger partial charge is 0.366 e. The van der Waals surface area contributed by atoms with Crippen molar-refractivity contribution in [3.63, 3.8) is 0 Å². The molecule has 2 fully saturated rings. The molecule has 6 nitrogen and oxygen atoms in total. The molecule has 6 heteroatoms. The van der Waals surface area contributed by atoms with Gasteiger partial charge in [-0.2, -0.15) is 0 Å². The Bertz CT molecular complexity index is 880. The van der Waals surface area contributed by atoms with Crippen LogP contribution in [0.1, 0.15) is 118 Å². The number of nitrogens with one attached hydrogen (secondary N) is 1. The Morgan fingerprint density at radius 3 is 1.76 bits per heavy atom. The minimum atomic E-state index is -0.592. The SMILES string of the molecule is CC(C)[C@H]1CC[C@@H](c2c(C(N)=O)cc(NC(=O)[C@H]3CC[C@@H](C(C)(C)C)CC3)cc2C(N)=O)CC1. The molecular weight excluding hydrogens is 426 g/mol. The van der Waals surface area contributed by atoms with Crippen LogP contribution in [0.15, 0.2) is 12.1 Å². The van der Waals surface area contributed by atoms with Crippen LogP contribution in [0.25, 0.3) is 0 Å². The highest BCUT2D eigenvalue weighted by molar-refractivity contribution is 6.04. The molecule has 0 saturated heterocycles. The number of nitrogens with two attached hydrogens (primary N) is 2. The molecule has 34 heavy (non-hydrogen) atoms. The number of primary amides is 2. The second-order valence-corrected chi connectivity index (χ2v) is 12.0. The molecule has 0 atom stereocenters. The van der Waals surface area contributed by atoms with Gasteiger partial charge < -0.3 is 16.8 Å².